The third kappa shape index (κ3) is 2.71. The summed E-state index contributed by atoms with van der Waals surface area (Å²) in [4.78, 5) is 14.9. The van der Waals surface area contributed by atoms with E-state index in [4.69, 9.17) is 10.8 Å². The van der Waals surface area contributed by atoms with Crippen LogP contribution >= 0.6 is 23.1 Å². The summed E-state index contributed by atoms with van der Waals surface area (Å²) in [5.41, 5.74) is 5.32. The van der Waals surface area contributed by atoms with Gasteiger partial charge in [0, 0.05) is 11.6 Å². The minimum absolute atomic E-state index is 0.0912. The molecule has 7 nitrogen and oxygen atoms in total. The molecule has 2 rings (SSSR count). The number of nitrogens with two attached hydrogens (primary N) is 1. The van der Waals surface area contributed by atoms with Crippen molar-refractivity contribution >= 4 is 35.0 Å². The van der Waals surface area contributed by atoms with Crippen LogP contribution in [0.5, 0.6) is 0 Å². The second kappa shape index (κ2) is 5.17. The first-order chi connectivity index (χ1) is 8.93. The zero-order chi connectivity index (χ0) is 14.0. The fraction of sp³-hybridized carbons (Fsp3) is 0.400. The van der Waals surface area contributed by atoms with E-state index in [2.05, 4.69) is 15.2 Å². The van der Waals surface area contributed by atoms with Crippen molar-refractivity contribution in [2.45, 2.75) is 24.5 Å². The molecule has 0 aliphatic rings. The van der Waals surface area contributed by atoms with E-state index in [-0.39, 0.29) is 11.7 Å². The van der Waals surface area contributed by atoms with E-state index in [1.54, 1.807) is 10.8 Å². The SMILES string of the molecule is CC(C)(c1nccs1)n1c(N)nnc1SCC(=O)O. The van der Waals surface area contributed by atoms with E-state index in [0.29, 0.717) is 5.16 Å². The van der Waals surface area contributed by atoms with Gasteiger partial charge in [0.15, 0.2) is 5.16 Å². The van der Waals surface area contributed by atoms with Crippen molar-refractivity contribution in [2.24, 2.45) is 0 Å². The molecule has 9 heteroatoms. The lowest BCUT2D eigenvalue weighted by atomic mass is 10.1. The van der Waals surface area contributed by atoms with Gasteiger partial charge in [-0.25, -0.2) is 4.98 Å². The van der Waals surface area contributed by atoms with Gasteiger partial charge in [0.05, 0.1) is 11.3 Å². The van der Waals surface area contributed by atoms with Gasteiger partial charge >= 0.3 is 5.97 Å². The monoisotopic (exact) mass is 299 g/mol. The van der Waals surface area contributed by atoms with Crippen molar-refractivity contribution in [1.29, 1.82) is 0 Å². The summed E-state index contributed by atoms with van der Waals surface area (Å²) in [5, 5.41) is 19.7. The molecule has 0 saturated heterocycles. The van der Waals surface area contributed by atoms with Crippen LogP contribution in [-0.4, -0.2) is 36.6 Å². The first-order valence-corrected chi connectivity index (χ1v) is 7.25. The summed E-state index contributed by atoms with van der Waals surface area (Å²) >= 11 is 2.59. The van der Waals surface area contributed by atoms with Gasteiger partial charge in [-0.15, -0.1) is 21.5 Å². The molecule has 2 aromatic rings. The molecule has 2 heterocycles. The largest absolute Gasteiger partial charge is 0.481 e. The van der Waals surface area contributed by atoms with Gasteiger partial charge < -0.3 is 10.8 Å². The van der Waals surface area contributed by atoms with Crippen LogP contribution < -0.4 is 5.73 Å². The van der Waals surface area contributed by atoms with Crippen LogP contribution in [0.3, 0.4) is 0 Å². The van der Waals surface area contributed by atoms with E-state index in [9.17, 15) is 4.79 Å². The van der Waals surface area contributed by atoms with E-state index < -0.39 is 11.5 Å². The van der Waals surface area contributed by atoms with Gasteiger partial charge in [0.1, 0.15) is 5.01 Å². The highest BCUT2D eigenvalue weighted by molar-refractivity contribution is 7.99. The molecule has 3 N–H and O–H groups in total. The standard InChI is InChI=1S/C10H13N5O2S2/c1-10(2,7-12-3-4-18-7)15-8(11)13-14-9(15)19-5-6(16)17/h3-4H,5H2,1-2H3,(H2,11,13)(H,16,17). The van der Waals surface area contributed by atoms with E-state index in [0.717, 1.165) is 16.8 Å². The molecule has 0 bridgehead atoms. The van der Waals surface area contributed by atoms with Crippen molar-refractivity contribution in [3.8, 4) is 0 Å². The second-order valence-electron chi connectivity index (χ2n) is 4.25. The lowest BCUT2D eigenvalue weighted by Crippen LogP contribution is -2.29. The number of thiazole rings is 1. The van der Waals surface area contributed by atoms with Crippen molar-refractivity contribution in [1.82, 2.24) is 19.7 Å². The maximum absolute atomic E-state index is 10.6. The molecular formula is C10H13N5O2S2. The highest BCUT2D eigenvalue weighted by atomic mass is 32.2. The van der Waals surface area contributed by atoms with Crippen LogP contribution in [0.2, 0.25) is 0 Å². The zero-order valence-corrected chi connectivity index (χ0v) is 12.0. The van der Waals surface area contributed by atoms with Crippen molar-refractivity contribution < 1.29 is 9.90 Å². The summed E-state index contributed by atoms with van der Waals surface area (Å²) in [6.07, 6.45) is 1.71. The topological polar surface area (TPSA) is 107 Å². The zero-order valence-electron chi connectivity index (χ0n) is 10.4. The molecule has 0 aliphatic carbocycles. The van der Waals surface area contributed by atoms with Crippen LogP contribution in [0.1, 0.15) is 18.9 Å². The smallest absolute Gasteiger partial charge is 0.313 e. The van der Waals surface area contributed by atoms with Crippen molar-refractivity contribution in [3.05, 3.63) is 16.6 Å². The maximum Gasteiger partial charge on any atom is 0.313 e. The third-order valence-electron chi connectivity index (χ3n) is 2.50. The Kier molecular flexibility index (Phi) is 3.76. The number of aliphatic carboxylic acids is 1. The molecule has 102 valence electrons. The van der Waals surface area contributed by atoms with Gasteiger partial charge in [-0.2, -0.15) is 0 Å². The number of nitrogens with zero attached hydrogens (tertiary/aromatic N) is 4. The molecule has 0 atom stereocenters. The Bertz CT molecular complexity index is 579. The minimum atomic E-state index is -0.912. The number of nitrogen functional groups attached to an aromatic ring is 1. The lowest BCUT2D eigenvalue weighted by molar-refractivity contribution is -0.133. The summed E-state index contributed by atoms with van der Waals surface area (Å²) in [7, 11) is 0. The molecule has 0 radical (unpaired) electrons. The van der Waals surface area contributed by atoms with Crippen LogP contribution in [0.25, 0.3) is 0 Å². The number of carboxylic acid groups (broad SMARTS) is 1. The number of hydrogen-bond donors (Lipinski definition) is 2. The average Bonchev–Trinajstić information content (AvgIpc) is 2.95. The summed E-state index contributed by atoms with van der Waals surface area (Å²) in [6, 6.07) is 0. The number of anilines is 1. The minimum Gasteiger partial charge on any atom is -0.481 e. The molecular weight excluding hydrogens is 286 g/mol. The van der Waals surface area contributed by atoms with Crippen molar-refractivity contribution in [2.75, 3.05) is 11.5 Å². The van der Waals surface area contributed by atoms with Gasteiger partial charge in [-0.1, -0.05) is 11.8 Å². The lowest BCUT2D eigenvalue weighted by Gasteiger charge is -2.26. The molecule has 0 saturated carbocycles. The highest BCUT2D eigenvalue weighted by Gasteiger charge is 2.31. The molecule has 2 aromatic heterocycles. The number of carboxylic acids is 1. The number of thioether (sulfide) groups is 1. The van der Waals surface area contributed by atoms with Gasteiger partial charge in [-0.05, 0) is 13.8 Å². The highest BCUT2D eigenvalue weighted by Crippen LogP contribution is 2.33. The maximum atomic E-state index is 10.6. The van der Waals surface area contributed by atoms with E-state index in [1.165, 1.54) is 11.3 Å². The number of aromatic nitrogens is 4. The summed E-state index contributed by atoms with van der Waals surface area (Å²) < 4.78 is 1.71. The van der Waals surface area contributed by atoms with Gasteiger partial charge in [-0.3, -0.25) is 9.36 Å². The van der Waals surface area contributed by atoms with E-state index >= 15 is 0 Å². The predicted molar refractivity (Wildman–Crippen MR) is 73.3 cm³/mol. The molecule has 19 heavy (non-hydrogen) atoms. The predicted octanol–water partition coefficient (Wildman–Crippen LogP) is 1.28. The number of hydrogen-bond acceptors (Lipinski definition) is 7. The Balaban J connectivity index is 2.38. The summed E-state index contributed by atoms with van der Waals surface area (Å²) in [5.74, 6) is -0.759. The molecule has 0 fully saturated rings. The second-order valence-corrected chi connectivity index (χ2v) is 6.09. The quantitative estimate of drug-likeness (QED) is 0.801. The van der Waals surface area contributed by atoms with Gasteiger partial charge in [0.2, 0.25) is 5.95 Å². The average molecular weight is 299 g/mol. The Morgan fingerprint density at radius 3 is 2.89 bits per heavy atom. The molecule has 0 aliphatic heterocycles. The Hall–Kier alpha value is -1.61. The van der Waals surface area contributed by atoms with Crippen LogP contribution in [-0.2, 0) is 10.3 Å². The summed E-state index contributed by atoms with van der Waals surface area (Å²) in [6.45, 7) is 3.88. The fourth-order valence-corrected chi connectivity index (χ4v) is 3.20. The Morgan fingerprint density at radius 1 is 1.58 bits per heavy atom. The van der Waals surface area contributed by atoms with Gasteiger partial charge in [0.25, 0.3) is 0 Å². The Morgan fingerprint density at radius 2 is 2.32 bits per heavy atom. The molecule has 0 aromatic carbocycles. The Labute approximate surface area is 117 Å². The van der Waals surface area contributed by atoms with Crippen LogP contribution in [0.15, 0.2) is 16.7 Å². The fourth-order valence-electron chi connectivity index (χ4n) is 1.65. The third-order valence-corrected chi connectivity index (χ3v) is 4.50. The van der Waals surface area contributed by atoms with Crippen molar-refractivity contribution in [3.63, 3.8) is 0 Å². The molecule has 0 unspecified atom stereocenters. The van der Waals surface area contributed by atoms with Crippen LogP contribution in [0.4, 0.5) is 5.95 Å². The van der Waals surface area contributed by atoms with E-state index in [1.807, 2.05) is 19.2 Å². The first kappa shape index (κ1) is 13.8. The number of rotatable bonds is 5. The normalized spacial score (nSPS) is 11.7. The molecule has 0 amide bonds. The number of carbonyl (C=O) groups is 1. The molecule has 0 spiro atoms. The van der Waals surface area contributed by atoms with Crippen LogP contribution in [0, 0.1) is 0 Å². The first-order valence-electron chi connectivity index (χ1n) is 5.39.